The van der Waals surface area contributed by atoms with Gasteiger partial charge in [0.25, 0.3) is 0 Å². The molecule has 1 amide bonds. The second kappa shape index (κ2) is 13.6. The molecule has 1 aromatic heterocycles. The minimum Gasteiger partial charge on any atom is -0.390 e. The summed E-state index contributed by atoms with van der Waals surface area (Å²) in [6.45, 7) is 1.61. The number of aliphatic hydroxyl groups is 3. The summed E-state index contributed by atoms with van der Waals surface area (Å²) in [6.07, 6.45) is -3.75. The van der Waals surface area contributed by atoms with Crippen LogP contribution in [-0.2, 0) is 27.2 Å². The molecule has 15 N–H and O–H groups in total. The average Bonchev–Trinajstić information content (AvgIpc) is 3.36. The summed E-state index contributed by atoms with van der Waals surface area (Å²) >= 11 is 0. The normalized spacial score (nSPS) is 37.0. The Bertz CT molecular complexity index is 1200. The molecule has 3 heterocycles. The topological polar surface area (TPSA) is 252 Å². The first-order valence-corrected chi connectivity index (χ1v) is 14.8. The highest BCUT2D eigenvalue weighted by atomic mass is 16.7. The molecule has 42 heavy (non-hydrogen) atoms. The minimum atomic E-state index is -1.29. The van der Waals surface area contributed by atoms with Crippen LogP contribution in [0.4, 0.5) is 0 Å². The third-order valence-corrected chi connectivity index (χ3v) is 8.83. The molecule has 0 radical (unpaired) electrons. The molecular formula is C28H46N8O6. The zero-order valence-corrected chi connectivity index (χ0v) is 23.7. The number of benzene rings is 1. The highest BCUT2D eigenvalue weighted by molar-refractivity contribution is 5.88. The summed E-state index contributed by atoms with van der Waals surface area (Å²) in [7, 11) is 0. The molecule has 0 spiro atoms. The number of unbranched alkanes of at least 4 members (excludes halogenated alkanes) is 1. The summed E-state index contributed by atoms with van der Waals surface area (Å²) in [4.78, 5) is 16.3. The maximum absolute atomic E-state index is 12.9. The first-order chi connectivity index (χ1) is 20.2. The van der Waals surface area contributed by atoms with Crippen LogP contribution < -0.4 is 38.9 Å². The number of carbonyl (C=O) groups is 1. The Balaban J connectivity index is 1.09. The third-order valence-electron chi connectivity index (χ3n) is 8.83. The molecule has 3 aliphatic rings. The molecule has 2 fully saturated rings. The molecular weight excluding hydrogens is 544 g/mol. The van der Waals surface area contributed by atoms with E-state index in [1.807, 2.05) is 18.2 Å². The number of aliphatic hydroxyl groups excluding tert-OH is 3. The van der Waals surface area contributed by atoms with Gasteiger partial charge in [0.15, 0.2) is 6.29 Å². The van der Waals surface area contributed by atoms with Crippen molar-refractivity contribution in [3.05, 3.63) is 35.5 Å². The highest BCUT2D eigenvalue weighted by Crippen LogP contribution is 2.28. The molecule has 1 aromatic carbocycles. The van der Waals surface area contributed by atoms with Crippen LogP contribution in [0, 0.1) is 0 Å². The van der Waals surface area contributed by atoms with Crippen molar-refractivity contribution in [3.8, 4) is 0 Å². The van der Waals surface area contributed by atoms with Gasteiger partial charge in [-0.05, 0) is 43.9 Å². The summed E-state index contributed by atoms with van der Waals surface area (Å²) in [5.41, 5.74) is 27.7. The van der Waals surface area contributed by atoms with Gasteiger partial charge in [-0.2, -0.15) is 0 Å². The van der Waals surface area contributed by atoms with Crippen LogP contribution in [0.1, 0.15) is 30.5 Å². The van der Waals surface area contributed by atoms with Crippen molar-refractivity contribution in [3.63, 3.8) is 0 Å². The minimum absolute atomic E-state index is 0.0288. The van der Waals surface area contributed by atoms with Crippen LogP contribution >= 0.6 is 0 Å². The summed E-state index contributed by atoms with van der Waals surface area (Å²) in [5, 5.41) is 42.2. The van der Waals surface area contributed by atoms with E-state index < -0.39 is 61.0 Å². The molecule has 5 rings (SSSR count). The van der Waals surface area contributed by atoms with Crippen molar-refractivity contribution in [1.29, 1.82) is 0 Å². The number of nitrogens with two attached hydrogens (primary N) is 4. The van der Waals surface area contributed by atoms with Crippen LogP contribution in [0.15, 0.2) is 24.3 Å². The Morgan fingerprint density at radius 3 is 2.60 bits per heavy atom. The average molecular weight is 591 g/mol. The third kappa shape index (κ3) is 6.49. The van der Waals surface area contributed by atoms with E-state index in [1.54, 1.807) is 0 Å². The molecule has 1 unspecified atom stereocenters. The first kappa shape index (κ1) is 31.2. The number of nitrogens with one attached hydrogen (secondary N) is 4. The number of aromatic amines is 1. The zero-order chi connectivity index (χ0) is 30.0. The Labute approximate surface area is 244 Å². The Hall–Kier alpha value is -2.21. The number of H-pyrrole nitrogens is 1. The fourth-order valence-corrected chi connectivity index (χ4v) is 6.34. The van der Waals surface area contributed by atoms with Crippen molar-refractivity contribution in [1.82, 2.24) is 20.9 Å². The lowest BCUT2D eigenvalue weighted by molar-refractivity contribution is -0.279. The standard InChI is InChI=1S/C28H46N8O6/c29-11-20-24(38)25(39)21(32)28(41-20)42-26-16(31)10-15(30)23(37)22(26)33-7-3-4-8-34-27(40)18-9-14-13-5-1-2-6-17(13)36-19(14)12-35-18/h1-2,5-6,15-16,18,20-26,28,33,35-39H,3-4,7-12,29-32H2,(H,34,40)/t15-,16+,18?,20-,21-,22+,23+,24-,25-,26-,28+/m1/s1. The van der Waals surface area contributed by atoms with Gasteiger partial charge in [-0.3, -0.25) is 10.1 Å². The van der Waals surface area contributed by atoms with E-state index in [9.17, 15) is 20.1 Å². The number of para-hydroxylation sites is 1. The number of hydrogen-bond acceptors (Lipinski definition) is 12. The first-order valence-electron chi connectivity index (χ1n) is 14.8. The number of hydrogen-bond donors (Lipinski definition) is 11. The second-order valence-corrected chi connectivity index (χ2v) is 11.7. The van der Waals surface area contributed by atoms with E-state index in [1.165, 1.54) is 5.56 Å². The van der Waals surface area contributed by atoms with E-state index in [-0.39, 0.29) is 18.5 Å². The lowest BCUT2D eigenvalue weighted by Crippen LogP contribution is -2.69. The summed E-state index contributed by atoms with van der Waals surface area (Å²) in [6, 6.07) is 5.10. The quantitative estimate of drug-likeness (QED) is 0.121. The van der Waals surface area contributed by atoms with Gasteiger partial charge < -0.3 is 63.3 Å². The molecule has 11 atom stereocenters. The van der Waals surface area contributed by atoms with Gasteiger partial charge in [-0.15, -0.1) is 0 Å². The van der Waals surface area contributed by atoms with Crippen molar-refractivity contribution in [2.45, 2.75) is 99.2 Å². The lowest BCUT2D eigenvalue weighted by Gasteiger charge is -2.47. The van der Waals surface area contributed by atoms with Crippen molar-refractivity contribution >= 4 is 16.8 Å². The number of amides is 1. The number of aromatic nitrogens is 1. The smallest absolute Gasteiger partial charge is 0.237 e. The maximum Gasteiger partial charge on any atom is 0.237 e. The molecule has 2 aromatic rings. The molecule has 1 aliphatic carbocycles. The summed E-state index contributed by atoms with van der Waals surface area (Å²) in [5.74, 6) is -0.0288. The highest BCUT2D eigenvalue weighted by Gasteiger charge is 2.48. The number of ether oxygens (including phenoxy) is 2. The van der Waals surface area contributed by atoms with Crippen LogP contribution in [0.5, 0.6) is 0 Å². The summed E-state index contributed by atoms with van der Waals surface area (Å²) < 4.78 is 11.9. The van der Waals surface area contributed by atoms with Gasteiger partial charge in [0.05, 0.1) is 30.3 Å². The van der Waals surface area contributed by atoms with Crippen molar-refractivity contribution < 1.29 is 29.6 Å². The van der Waals surface area contributed by atoms with E-state index in [0.717, 1.165) is 23.0 Å². The van der Waals surface area contributed by atoms with Crippen molar-refractivity contribution in [2.24, 2.45) is 22.9 Å². The molecule has 1 saturated heterocycles. The molecule has 14 heteroatoms. The Kier molecular flexibility index (Phi) is 10.1. The molecule has 0 bridgehead atoms. The largest absolute Gasteiger partial charge is 0.390 e. The molecule has 14 nitrogen and oxygen atoms in total. The van der Waals surface area contributed by atoms with Gasteiger partial charge in [0.1, 0.15) is 18.3 Å². The number of fused-ring (bicyclic) bond motifs is 3. The van der Waals surface area contributed by atoms with E-state index in [2.05, 4.69) is 27.0 Å². The Morgan fingerprint density at radius 1 is 1.05 bits per heavy atom. The van der Waals surface area contributed by atoms with E-state index >= 15 is 0 Å². The molecule has 234 valence electrons. The van der Waals surface area contributed by atoms with E-state index in [0.29, 0.717) is 38.9 Å². The van der Waals surface area contributed by atoms with Gasteiger partial charge in [0, 0.05) is 48.3 Å². The fourth-order valence-electron chi connectivity index (χ4n) is 6.34. The maximum atomic E-state index is 12.9. The second-order valence-electron chi connectivity index (χ2n) is 11.7. The lowest BCUT2D eigenvalue weighted by atomic mass is 9.82. The Morgan fingerprint density at radius 2 is 1.81 bits per heavy atom. The van der Waals surface area contributed by atoms with Crippen LogP contribution in [0.25, 0.3) is 10.9 Å². The van der Waals surface area contributed by atoms with Gasteiger partial charge in [-0.1, -0.05) is 18.2 Å². The number of carbonyl (C=O) groups excluding carboxylic acids is 1. The molecule has 1 saturated carbocycles. The monoisotopic (exact) mass is 590 g/mol. The van der Waals surface area contributed by atoms with Crippen LogP contribution in [0.2, 0.25) is 0 Å². The van der Waals surface area contributed by atoms with Gasteiger partial charge in [0.2, 0.25) is 5.91 Å². The van der Waals surface area contributed by atoms with Crippen LogP contribution in [0.3, 0.4) is 0 Å². The zero-order valence-electron chi connectivity index (χ0n) is 23.7. The van der Waals surface area contributed by atoms with Crippen molar-refractivity contribution in [2.75, 3.05) is 19.6 Å². The van der Waals surface area contributed by atoms with Gasteiger partial charge in [-0.25, -0.2) is 0 Å². The predicted octanol–water partition coefficient (Wildman–Crippen LogP) is -3.43. The predicted molar refractivity (Wildman–Crippen MR) is 156 cm³/mol. The number of rotatable bonds is 10. The van der Waals surface area contributed by atoms with Gasteiger partial charge >= 0.3 is 0 Å². The molecule has 2 aliphatic heterocycles. The van der Waals surface area contributed by atoms with E-state index in [4.69, 9.17) is 32.4 Å². The SMILES string of the molecule is NC[C@H]1O[C@@H](O[C@H]2[C@@H](NCCCCNC(=O)C3Cc4c([nH]c5ccccc45)CN3)[C@@H](O)[C@H](N)C[C@@H]2N)[C@H](N)[C@@H](O)[C@@H]1O. The fraction of sp³-hybridized carbons (Fsp3) is 0.679. The van der Waals surface area contributed by atoms with Crippen LogP contribution in [-0.4, -0.2) is 113 Å².